The second-order valence-electron chi connectivity index (χ2n) is 7.89. The van der Waals surface area contributed by atoms with Crippen molar-refractivity contribution in [3.8, 4) is 11.5 Å². The number of thioether (sulfide) groups is 1. The number of benzene rings is 2. The van der Waals surface area contributed by atoms with Crippen LogP contribution in [0.15, 0.2) is 80.9 Å². The molecule has 9 heteroatoms. The van der Waals surface area contributed by atoms with Crippen LogP contribution in [0.4, 0.5) is 5.69 Å². The van der Waals surface area contributed by atoms with Crippen molar-refractivity contribution in [2.75, 3.05) is 5.32 Å². The number of nitrogens with zero attached hydrogens (tertiary/aromatic N) is 5. The van der Waals surface area contributed by atoms with Crippen molar-refractivity contribution in [3.63, 3.8) is 0 Å². The van der Waals surface area contributed by atoms with E-state index in [2.05, 4.69) is 62.3 Å². The molecule has 8 nitrogen and oxygen atoms in total. The zero-order valence-electron chi connectivity index (χ0n) is 18.9. The molecule has 3 aromatic heterocycles. The van der Waals surface area contributed by atoms with Crippen LogP contribution >= 0.6 is 11.8 Å². The molecule has 0 aliphatic rings. The second-order valence-corrected chi connectivity index (χ2v) is 8.83. The molecular weight excluding hydrogens is 448 g/mol. The molecule has 172 valence electrons. The first-order chi connectivity index (χ1) is 16.7. The molecule has 1 N–H and O–H groups in total. The third-order valence-electron chi connectivity index (χ3n) is 5.32. The lowest BCUT2D eigenvalue weighted by Gasteiger charge is -2.12. The number of aromatic nitrogens is 5. The highest BCUT2D eigenvalue weighted by atomic mass is 32.2. The molecule has 0 unspecified atom stereocenters. The van der Waals surface area contributed by atoms with Crippen LogP contribution in [0.3, 0.4) is 0 Å². The van der Waals surface area contributed by atoms with Gasteiger partial charge in [-0.25, -0.2) is 0 Å². The first-order valence-electron chi connectivity index (χ1n) is 10.9. The predicted molar refractivity (Wildman–Crippen MR) is 130 cm³/mol. The molecule has 34 heavy (non-hydrogen) atoms. The van der Waals surface area contributed by atoms with Gasteiger partial charge in [-0.15, -0.1) is 20.4 Å². The molecule has 0 aliphatic carbocycles. The first-order valence-corrected chi connectivity index (χ1v) is 11.9. The quantitative estimate of drug-likeness (QED) is 0.281. The van der Waals surface area contributed by atoms with Crippen LogP contribution in [0, 0.1) is 13.8 Å². The molecular formula is C25H24N6O2S. The summed E-state index contributed by atoms with van der Waals surface area (Å²) in [7, 11) is 0. The van der Waals surface area contributed by atoms with E-state index < -0.39 is 0 Å². The fourth-order valence-electron chi connectivity index (χ4n) is 3.60. The van der Waals surface area contributed by atoms with E-state index >= 15 is 0 Å². The molecule has 3 heterocycles. The normalized spacial score (nSPS) is 11.1. The Labute approximate surface area is 201 Å². The minimum Gasteiger partial charge on any atom is -0.467 e. The lowest BCUT2D eigenvalue weighted by atomic mass is 10.1. The van der Waals surface area contributed by atoms with Gasteiger partial charge in [-0.3, -0.25) is 4.57 Å². The molecule has 0 saturated heterocycles. The van der Waals surface area contributed by atoms with Gasteiger partial charge in [-0.2, -0.15) is 0 Å². The van der Waals surface area contributed by atoms with E-state index in [1.165, 1.54) is 22.9 Å². The third kappa shape index (κ3) is 5.04. The van der Waals surface area contributed by atoms with Crippen molar-refractivity contribution in [2.24, 2.45) is 0 Å². The zero-order chi connectivity index (χ0) is 23.3. The van der Waals surface area contributed by atoms with Crippen molar-refractivity contribution in [3.05, 3.63) is 95.5 Å². The molecule has 0 bridgehead atoms. The highest BCUT2D eigenvalue weighted by Gasteiger charge is 2.16. The average Bonchev–Trinajstić information content (AvgIpc) is 3.60. The minimum atomic E-state index is 0.487. The maximum absolute atomic E-state index is 5.84. The maximum Gasteiger partial charge on any atom is 0.247 e. The van der Waals surface area contributed by atoms with Gasteiger partial charge in [-0.1, -0.05) is 47.7 Å². The van der Waals surface area contributed by atoms with Crippen molar-refractivity contribution in [1.29, 1.82) is 0 Å². The molecule has 0 aliphatic heterocycles. The number of hydrogen-bond donors (Lipinski definition) is 1. The standard InChI is InChI=1S/C25H24N6O2S/c1-17-10-11-21(18(2)13-17)26-14-22-27-30-25(31(22)15-20-9-6-12-32-20)34-16-23-28-29-24(33-23)19-7-4-3-5-8-19/h3-13,26H,14-16H2,1-2H3. The maximum atomic E-state index is 5.84. The Hall–Kier alpha value is -3.85. The van der Waals surface area contributed by atoms with E-state index in [1.54, 1.807) is 6.26 Å². The SMILES string of the molecule is Cc1ccc(NCc2nnc(SCc3nnc(-c4ccccc4)o3)n2Cc2ccco2)c(C)c1. The Morgan fingerprint density at radius 2 is 1.82 bits per heavy atom. The summed E-state index contributed by atoms with van der Waals surface area (Å²) in [6.07, 6.45) is 1.67. The fraction of sp³-hybridized carbons (Fsp3) is 0.200. The molecule has 0 fully saturated rings. The summed E-state index contributed by atoms with van der Waals surface area (Å²) in [6.45, 7) is 5.26. The highest BCUT2D eigenvalue weighted by Crippen LogP contribution is 2.25. The summed E-state index contributed by atoms with van der Waals surface area (Å²) in [5.74, 6) is 3.17. The van der Waals surface area contributed by atoms with Gasteiger partial charge in [0.1, 0.15) is 5.76 Å². The summed E-state index contributed by atoms with van der Waals surface area (Å²) < 4.78 is 13.5. The van der Waals surface area contributed by atoms with Crippen molar-refractivity contribution < 1.29 is 8.83 Å². The van der Waals surface area contributed by atoms with E-state index in [-0.39, 0.29) is 0 Å². The summed E-state index contributed by atoms with van der Waals surface area (Å²) in [5, 5.41) is 21.5. The lowest BCUT2D eigenvalue weighted by Crippen LogP contribution is -2.11. The Bertz CT molecular complexity index is 1360. The topological polar surface area (TPSA) is 94.8 Å². The summed E-state index contributed by atoms with van der Waals surface area (Å²) >= 11 is 1.50. The molecule has 2 aromatic carbocycles. The largest absolute Gasteiger partial charge is 0.467 e. The first kappa shape index (κ1) is 22.0. The van der Waals surface area contributed by atoms with Gasteiger partial charge in [0.2, 0.25) is 11.8 Å². The summed E-state index contributed by atoms with van der Waals surface area (Å²) in [6, 6.07) is 19.9. The fourth-order valence-corrected chi connectivity index (χ4v) is 4.39. The Kier molecular flexibility index (Phi) is 6.44. The third-order valence-corrected chi connectivity index (χ3v) is 6.27. The average molecular weight is 473 g/mol. The predicted octanol–water partition coefficient (Wildman–Crippen LogP) is 5.49. The van der Waals surface area contributed by atoms with Gasteiger partial charge >= 0.3 is 0 Å². The highest BCUT2D eigenvalue weighted by molar-refractivity contribution is 7.98. The van der Waals surface area contributed by atoms with Crippen LogP contribution in [0.1, 0.15) is 28.6 Å². The number of nitrogens with one attached hydrogen (secondary N) is 1. The van der Waals surface area contributed by atoms with E-state index in [9.17, 15) is 0 Å². The van der Waals surface area contributed by atoms with E-state index in [0.717, 1.165) is 28.0 Å². The molecule has 0 amide bonds. The zero-order valence-corrected chi connectivity index (χ0v) is 19.7. The number of anilines is 1. The van der Waals surface area contributed by atoms with E-state index in [0.29, 0.717) is 30.6 Å². The van der Waals surface area contributed by atoms with Gasteiger partial charge in [0.25, 0.3) is 0 Å². The smallest absolute Gasteiger partial charge is 0.247 e. The molecule has 5 rings (SSSR count). The van der Waals surface area contributed by atoms with Crippen LogP contribution in [0.25, 0.3) is 11.5 Å². The number of hydrogen-bond acceptors (Lipinski definition) is 8. The number of aryl methyl sites for hydroxylation is 2. The molecule has 0 spiro atoms. The van der Waals surface area contributed by atoms with Crippen LogP contribution in [0.5, 0.6) is 0 Å². The van der Waals surface area contributed by atoms with E-state index in [1.807, 2.05) is 42.5 Å². The van der Waals surface area contributed by atoms with Gasteiger partial charge < -0.3 is 14.2 Å². The van der Waals surface area contributed by atoms with Crippen LogP contribution in [-0.2, 0) is 18.8 Å². The molecule has 0 radical (unpaired) electrons. The monoisotopic (exact) mass is 472 g/mol. The summed E-state index contributed by atoms with van der Waals surface area (Å²) in [5.41, 5.74) is 4.40. The van der Waals surface area contributed by atoms with Crippen LogP contribution in [-0.4, -0.2) is 25.0 Å². The van der Waals surface area contributed by atoms with Crippen LogP contribution in [0.2, 0.25) is 0 Å². The second kappa shape index (κ2) is 9.96. The Balaban J connectivity index is 1.32. The Morgan fingerprint density at radius 1 is 0.941 bits per heavy atom. The minimum absolute atomic E-state index is 0.487. The van der Waals surface area contributed by atoms with Crippen molar-refractivity contribution in [1.82, 2.24) is 25.0 Å². The van der Waals surface area contributed by atoms with Gasteiger partial charge in [0.05, 0.1) is 25.1 Å². The van der Waals surface area contributed by atoms with Gasteiger partial charge in [0, 0.05) is 11.3 Å². The molecule has 0 atom stereocenters. The Morgan fingerprint density at radius 3 is 2.62 bits per heavy atom. The molecule has 0 saturated carbocycles. The van der Waals surface area contributed by atoms with Crippen LogP contribution < -0.4 is 5.32 Å². The molecule has 5 aromatic rings. The van der Waals surface area contributed by atoms with Gasteiger partial charge in [0.15, 0.2) is 11.0 Å². The van der Waals surface area contributed by atoms with Crippen molar-refractivity contribution in [2.45, 2.75) is 37.8 Å². The lowest BCUT2D eigenvalue weighted by molar-refractivity contribution is 0.479. The number of rotatable bonds is 9. The summed E-state index contributed by atoms with van der Waals surface area (Å²) in [4.78, 5) is 0. The van der Waals surface area contributed by atoms with E-state index in [4.69, 9.17) is 8.83 Å². The van der Waals surface area contributed by atoms with Gasteiger partial charge in [-0.05, 0) is 49.7 Å². The van der Waals surface area contributed by atoms with Crippen molar-refractivity contribution >= 4 is 17.4 Å². The number of furan rings is 1.